The summed E-state index contributed by atoms with van der Waals surface area (Å²) in [6, 6.07) is 4.55. The zero-order valence-corrected chi connectivity index (χ0v) is 14.1. The Labute approximate surface area is 145 Å². The Morgan fingerprint density at radius 3 is 2.44 bits per heavy atom. The lowest BCUT2D eigenvalue weighted by Gasteiger charge is -2.21. The third-order valence-corrected chi connectivity index (χ3v) is 4.64. The van der Waals surface area contributed by atoms with Gasteiger partial charge in [-0.2, -0.15) is 0 Å². The first-order valence-electron chi connectivity index (χ1n) is 8.77. The molecule has 8 nitrogen and oxygen atoms in total. The quantitative estimate of drug-likeness (QED) is 0.705. The van der Waals surface area contributed by atoms with Crippen molar-refractivity contribution < 1.29 is 4.63 Å². The van der Waals surface area contributed by atoms with Gasteiger partial charge in [-0.15, -0.1) is 0 Å². The van der Waals surface area contributed by atoms with Crippen LogP contribution in [0, 0.1) is 0 Å². The van der Waals surface area contributed by atoms with Crippen LogP contribution < -0.4 is 10.6 Å². The monoisotopic (exact) mass is 339 g/mol. The maximum absolute atomic E-state index is 4.77. The summed E-state index contributed by atoms with van der Waals surface area (Å²) in [7, 11) is 0. The molecular formula is C17H21N7O. The Morgan fingerprint density at radius 1 is 1.08 bits per heavy atom. The molecule has 25 heavy (non-hydrogen) atoms. The molecule has 8 heteroatoms. The second kappa shape index (κ2) is 7.00. The maximum Gasteiger partial charge on any atom is 0.245 e. The number of aromatic nitrogens is 5. The van der Waals surface area contributed by atoms with Crippen LogP contribution in [0.4, 0.5) is 11.6 Å². The van der Waals surface area contributed by atoms with Crippen LogP contribution in [0.3, 0.4) is 0 Å². The maximum atomic E-state index is 4.77. The Morgan fingerprint density at radius 2 is 1.76 bits per heavy atom. The van der Waals surface area contributed by atoms with Gasteiger partial charge < -0.3 is 10.6 Å². The Hall–Kier alpha value is -2.77. The lowest BCUT2D eigenvalue weighted by atomic mass is 10.1. The van der Waals surface area contributed by atoms with Gasteiger partial charge in [0.1, 0.15) is 0 Å². The molecule has 0 spiro atoms. The molecule has 3 aromatic rings. The van der Waals surface area contributed by atoms with E-state index in [0.717, 1.165) is 24.8 Å². The molecule has 1 fully saturated rings. The average molecular weight is 339 g/mol. The standard InChI is InChI=1S/C17H21N7O/c1-2-13(11-7-9-18-10-8-11)20-15-14(19-12-5-3-4-6-12)21-16-17(22-15)24-25-23-16/h7-10,12-13H,2-6H2,1H3,(H,19,21,23)(H,20,22,24)/t13-/m1/s1. The van der Waals surface area contributed by atoms with E-state index in [1.165, 1.54) is 12.8 Å². The van der Waals surface area contributed by atoms with Crippen LogP contribution in [-0.4, -0.2) is 31.3 Å². The minimum absolute atomic E-state index is 0.110. The molecule has 0 saturated heterocycles. The third-order valence-electron chi connectivity index (χ3n) is 4.64. The molecule has 0 unspecified atom stereocenters. The Balaban J connectivity index is 1.66. The second-order valence-corrected chi connectivity index (χ2v) is 6.34. The van der Waals surface area contributed by atoms with Crippen molar-refractivity contribution >= 4 is 22.9 Å². The molecule has 0 aromatic carbocycles. The van der Waals surface area contributed by atoms with E-state index in [-0.39, 0.29) is 6.04 Å². The summed E-state index contributed by atoms with van der Waals surface area (Å²) in [4.78, 5) is 13.2. The zero-order chi connectivity index (χ0) is 17.1. The smallest absolute Gasteiger partial charge is 0.245 e. The largest absolute Gasteiger partial charge is 0.364 e. The molecular weight excluding hydrogens is 318 g/mol. The van der Waals surface area contributed by atoms with Crippen LogP contribution in [0.1, 0.15) is 50.6 Å². The number of hydrogen-bond acceptors (Lipinski definition) is 8. The van der Waals surface area contributed by atoms with Crippen molar-refractivity contribution in [2.45, 2.75) is 51.1 Å². The summed E-state index contributed by atoms with van der Waals surface area (Å²) in [5.41, 5.74) is 1.98. The van der Waals surface area contributed by atoms with Crippen LogP contribution in [0.2, 0.25) is 0 Å². The molecule has 1 aliphatic rings. The Kier molecular flexibility index (Phi) is 4.41. The first kappa shape index (κ1) is 15.7. The number of anilines is 2. The van der Waals surface area contributed by atoms with Crippen LogP contribution in [-0.2, 0) is 0 Å². The van der Waals surface area contributed by atoms with E-state index in [4.69, 9.17) is 4.63 Å². The molecule has 4 rings (SSSR count). The predicted octanol–water partition coefficient (Wildman–Crippen LogP) is 3.33. The van der Waals surface area contributed by atoms with Gasteiger partial charge in [-0.25, -0.2) is 14.6 Å². The van der Waals surface area contributed by atoms with Crippen molar-refractivity contribution in [3.63, 3.8) is 0 Å². The first-order chi connectivity index (χ1) is 12.3. The van der Waals surface area contributed by atoms with Gasteiger partial charge in [0, 0.05) is 18.4 Å². The van der Waals surface area contributed by atoms with Crippen molar-refractivity contribution in [2.24, 2.45) is 0 Å². The van der Waals surface area contributed by atoms with Gasteiger partial charge in [-0.3, -0.25) is 4.98 Å². The first-order valence-corrected chi connectivity index (χ1v) is 8.77. The zero-order valence-electron chi connectivity index (χ0n) is 14.1. The fourth-order valence-corrected chi connectivity index (χ4v) is 3.28. The van der Waals surface area contributed by atoms with Crippen LogP contribution in [0.15, 0.2) is 29.2 Å². The SMILES string of the molecule is CC[C@@H](Nc1nc2nonc2nc1NC1CCCC1)c1ccncc1. The highest BCUT2D eigenvalue weighted by atomic mass is 16.6. The van der Waals surface area contributed by atoms with E-state index in [2.05, 4.69) is 42.8 Å². The summed E-state index contributed by atoms with van der Waals surface area (Å²) >= 11 is 0. The molecule has 0 bridgehead atoms. The van der Waals surface area contributed by atoms with Gasteiger partial charge in [-0.1, -0.05) is 19.8 Å². The minimum Gasteiger partial charge on any atom is -0.364 e. The summed E-state index contributed by atoms with van der Waals surface area (Å²) in [5, 5.41) is 14.6. The van der Waals surface area contributed by atoms with Crippen LogP contribution in [0.5, 0.6) is 0 Å². The van der Waals surface area contributed by atoms with Gasteiger partial charge in [-0.05, 0) is 47.3 Å². The number of fused-ring (bicyclic) bond motifs is 1. The van der Waals surface area contributed by atoms with E-state index >= 15 is 0 Å². The molecule has 0 radical (unpaired) electrons. The van der Waals surface area contributed by atoms with E-state index in [1.54, 1.807) is 12.4 Å². The van der Waals surface area contributed by atoms with Crippen LogP contribution >= 0.6 is 0 Å². The predicted molar refractivity (Wildman–Crippen MR) is 94.2 cm³/mol. The van der Waals surface area contributed by atoms with E-state index in [1.807, 2.05) is 12.1 Å². The lowest BCUT2D eigenvalue weighted by Crippen LogP contribution is -2.19. The fourth-order valence-electron chi connectivity index (χ4n) is 3.28. The highest BCUT2D eigenvalue weighted by molar-refractivity contribution is 5.73. The molecule has 0 amide bonds. The molecule has 1 atom stereocenters. The van der Waals surface area contributed by atoms with Crippen molar-refractivity contribution in [1.82, 2.24) is 25.3 Å². The molecule has 3 aromatic heterocycles. The van der Waals surface area contributed by atoms with E-state index in [9.17, 15) is 0 Å². The average Bonchev–Trinajstić information content (AvgIpc) is 3.32. The molecule has 3 heterocycles. The minimum atomic E-state index is 0.110. The van der Waals surface area contributed by atoms with E-state index in [0.29, 0.717) is 29.0 Å². The third kappa shape index (κ3) is 3.38. The molecule has 2 N–H and O–H groups in total. The lowest BCUT2D eigenvalue weighted by molar-refractivity contribution is 0.314. The van der Waals surface area contributed by atoms with E-state index < -0.39 is 0 Å². The van der Waals surface area contributed by atoms with Gasteiger partial charge >= 0.3 is 0 Å². The number of pyridine rings is 1. The van der Waals surface area contributed by atoms with Crippen molar-refractivity contribution in [3.05, 3.63) is 30.1 Å². The van der Waals surface area contributed by atoms with Crippen molar-refractivity contribution in [3.8, 4) is 0 Å². The van der Waals surface area contributed by atoms with Gasteiger partial charge in [0.05, 0.1) is 6.04 Å². The summed E-state index contributed by atoms with van der Waals surface area (Å²) in [6.45, 7) is 2.13. The second-order valence-electron chi connectivity index (χ2n) is 6.34. The normalized spacial score (nSPS) is 16.2. The number of nitrogens with zero attached hydrogens (tertiary/aromatic N) is 5. The van der Waals surface area contributed by atoms with Gasteiger partial charge in [0.2, 0.25) is 11.3 Å². The number of rotatable bonds is 6. The van der Waals surface area contributed by atoms with Gasteiger partial charge in [0.25, 0.3) is 0 Å². The summed E-state index contributed by atoms with van der Waals surface area (Å²) < 4.78 is 4.77. The molecule has 1 saturated carbocycles. The summed E-state index contributed by atoms with van der Waals surface area (Å²) in [6.07, 6.45) is 9.30. The van der Waals surface area contributed by atoms with Crippen molar-refractivity contribution in [2.75, 3.05) is 10.6 Å². The number of hydrogen-bond donors (Lipinski definition) is 2. The van der Waals surface area contributed by atoms with Crippen LogP contribution in [0.25, 0.3) is 11.3 Å². The topological polar surface area (TPSA) is 102 Å². The fraction of sp³-hybridized carbons (Fsp3) is 0.471. The Bertz CT molecular complexity index is 829. The number of nitrogens with one attached hydrogen (secondary N) is 2. The highest BCUT2D eigenvalue weighted by Crippen LogP contribution is 2.29. The highest BCUT2D eigenvalue weighted by Gasteiger charge is 2.21. The van der Waals surface area contributed by atoms with Crippen molar-refractivity contribution in [1.29, 1.82) is 0 Å². The van der Waals surface area contributed by atoms with Gasteiger partial charge in [0.15, 0.2) is 11.6 Å². The summed E-state index contributed by atoms with van der Waals surface area (Å²) in [5.74, 6) is 1.39. The molecule has 0 aliphatic heterocycles. The molecule has 130 valence electrons. The molecule has 1 aliphatic carbocycles.